The van der Waals surface area contributed by atoms with E-state index in [1.165, 1.54) is 102 Å². The predicted octanol–water partition coefficient (Wildman–Crippen LogP) is 10.4. The van der Waals surface area contributed by atoms with Crippen LogP contribution < -0.4 is 4.74 Å². The first kappa shape index (κ1) is 26.1. The number of rotatable bonds is 2. The lowest BCUT2D eigenvalue weighted by atomic mass is 9.56. The second kappa shape index (κ2) is 11.3. The molecular weight excluding hydrogens is 496 g/mol. The fraction of sp³-hybridized carbons (Fsp3) is 0.550. The molecule has 1 aliphatic heterocycles. The molecule has 6 aliphatic carbocycles. The monoisotopic (exact) mass is 544 g/mol. The highest BCUT2D eigenvalue weighted by Gasteiger charge is 2.46. The van der Waals surface area contributed by atoms with Crippen molar-refractivity contribution in [1.29, 1.82) is 0 Å². The maximum Gasteiger partial charge on any atom is 0.122 e. The van der Waals surface area contributed by atoms with E-state index in [2.05, 4.69) is 60.7 Å². The van der Waals surface area contributed by atoms with Crippen LogP contribution in [0.5, 0.6) is 5.75 Å². The number of para-hydroxylation sites is 1. The Kier molecular flexibility index (Phi) is 7.18. The summed E-state index contributed by atoms with van der Waals surface area (Å²) in [5.41, 5.74) is 11.9. The van der Waals surface area contributed by atoms with Gasteiger partial charge in [0.25, 0.3) is 0 Å². The number of hydrogen-bond donors (Lipinski definition) is 0. The van der Waals surface area contributed by atoms with Gasteiger partial charge in [-0.1, -0.05) is 85.1 Å². The van der Waals surface area contributed by atoms with Crippen LogP contribution in [0.3, 0.4) is 0 Å². The molecule has 0 N–H and O–H groups in total. The highest BCUT2D eigenvalue weighted by atomic mass is 16.5. The van der Waals surface area contributed by atoms with Gasteiger partial charge < -0.3 is 4.74 Å². The molecule has 6 unspecified atom stereocenters. The highest BCUT2D eigenvalue weighted by Crippen LogP contribution is 2.56. The maximum atomic E-state index is 6.89. The van der Waals surface area contributed by atoms with Crippen molar-refractivity contribution in [3.8, 4) is 5.75 Å². The van der Waals surface area contributed by atoms with Crippen molar-refractivity contribution >= 4 is 0 Å². The fourth-order valence-corrected chi connectivity index (χ4v) is 10.3. The lowest BCUT2D eigenvalue weighted by molar-refractivity contribution is 0.0688. The average molecular weight is 545 g/mol. The number of allylic oxidation sites excluding steroid dienone is 12. The van der Waals surface area contributed by atoms with Gasteiger partial charge in [0.2, 0.25) is 0 Å². The molecule has 6 atom stereocenters. The van der Waals surface area contributed by atoms with Crippen molar-refractivity contribution in [2.45, 2.75) is 96.3 Å². The summed E-state index contributed by atoms with van der Waals surface area (Å²) in [4.78, 5) is 0. The van der Waals surface area contributed by atoms with E-state index in [9.17, 15) is 0 Å². The molecule has 7 aliphatic rings. The third-order valence-electron chi connectivity index (χ3n) is 12.2. The van der Waals surface area contributed by atoms with Gasteiger partial charge in [0.05, 0.1) is 6.61 Å². The Morgan fingerprint density at radius 3 is 2.59 bits per heavy atom. The Morgan fingerprint density at radius 2 is 1.59 bits per heavy atom. The molecule has 1 nitrogen and oxygen atoms in total. The van der Waals surface area contributed by atoms with E-state index in [0.717, 1.165) is 24.2 Å². The van der Waals surface area contributed by atoms with E-state index >= 15 is 0 Å². The molecule has 0 spiro atoms. The lowest BCUT2D eigenvalue weighted by Gasteiger charge is -2.48. The summed E-state index contributed by atoms with van der Waals surface area (Å²) in [6.07, 6.45) is 35.1. The molecule has 1 heterocycles. The Bertz CT molecular complexity index is 1360. The van der Waals surface area contributed by atoms with Crippen LogP contribution in [0, 0.1) is 35.5 Å². The average Bonchev–Trinajstić information content (AvgIpc) is 3.11. The second-order valence-electron chi connectivity index (χ2n) is 14.2. The van der Waals surface area contributed by atoms with Gasteiger partial charge in [0.1, 0.15) is 5.75 Å². The normalized spacial score (nSPS) is 34.8. The zero-order chi connectivity index (χ0) is 27.2. The quantitative estimate of drug-likeness (QED) is 0.360. The Morgan fingerprint density at radius 1 is 0.707 bits per heavy atom. The van der Waals surface area contributed by atoms with E-state index in [4.69, 9.17) is 4.74 Å². The molecule has 0 saturated heterocycles. The van der Waals surface area contributed by atoms with Crippen LogP contribution >= 0.6 is 0 Å². The first-order valence-electron chi connectivity index (χ1n) is 17.3. The number of fused-ring (bicyclic) bond motifs is 3. The van der Waals surface area contributed by atoms with Crippen LogP contribution in [-0.4, -0.2) is 6.61 Å². The van der Waals surface area contributed by atoms with E-state index < -0.39 is 0 Å². The van der Waals surface area contributed by atoms with E-state index in [-0.39, 0.29) is 0 Å². The van der Waals surface area contributed by atoms with Gasteiger partial charge in [0.15, 0.2) is 0 Å². The molecule has 1 aromatic rings. The van der Waals surface area contributed by atoms with Crippen LogP contribution in [0.1, 0.15) is 95.5 Å². The van der Waals surface area contributed by atoms with Crippen LogP contribution in [0.25, 0.3) is 0 Å². The summed E-state index contributed by atoms with van der Waals surface area (Å²) in [5.74, 6) is 5.05. The van der Waals surface area contributed by atoms with Crippen molar-refractivity contribution < 1.29 is 4.74 Å². The summed E-state index contributed by atoms with van der Waals surface area (Å²) in [6, 6.07) is 8.94. The molecule has 0 bridgehead atoms. The minimum atomic E-state index is 0.508. The van der Waals surface area contributed by atoms with Crippen molar-refractivity contribution in [3.05, 3.63) is 99.7 Å². The predicted molar refractivity (Wildman–Crippen MR) is 170 cm³/mol. The highest BCUT2D eigenvalue weighted by molar-refractivity contribution is 5.56. The third kappa shape index (κ3) is 4.76. The fourth-order valence-electron chi connectivity index (χ4n) is 10.3. The van der Waals surface area contributed by atoms with Crippen LogP contribution in [-0.2, 0) is 6.42 Å². The lowest BCUT2D eigenvalue weighted by Crippen LogP contribution is -2.42. The van der Waals surface area contributed by atoms with Crippen molar-refractivity contribution in [3.63, 3.8) is 0 Å². The molecule has 1 heteroatoms. The first-order valence-corrected chi connectivity index (χ1v) is 17.3. The van der Waals surface area contributed by atoms with Crippen molar-refractivity contribution in [2.75, 3.05) is 6.61 Å². The van der Waals surface area contributed by atoms with Gasteiger partial charge >= 0.3 is 0 Å². The topological polar surface area (TPSA) is 9.23 Å². The number of ether oxygens (including phenoxy) is 1. The van der Waals surface area contributed by atoms with Gasteiger partial charge in [0, 0.05) is 17.8 Å². The zero-order valence-corrected chi connectivity index (χ0v) is 25.0. The smallest absolute Gasteiger partial charge is 0.122 e. The standard InChI is InChI=1S/C40H48O/c1-2-14-30-25-31(24-21-27(30)11-1)39-33-16-6-8-18-35(33)40(36-19-9-7-17-34(36)39)37-26-41-38-20-10-4-13-29(38)23-22-28-12-3-5-15-32(28)37/h4,6,8,10,13,16,18,20-21,24,28,31-32,35,37,40H,1-3,5,7,9,11-12,14-15,17,19,22-23,25-26H2. The largest absolute Gasteiger partial charge is 0.493 e. The van der Waals surface area contributed by atoms with Gasteiger partial charge in [-0.2, -0.15) is 0 Å². The molecule has 0 aromatic heterocycles. The first-order chi connectivity index (χ1) is 20.3. The minimum Gasteiger partial charge on any atom is -0.493 e. The van der Waals surface area contributed by atoms with Crippen molar-refractivity contribution in [2.24, 2.45) is 35.5 Å². The molecule has 1 fully saturated rings. The van der Waals surface area contributed by atoms with E-state index in [0.29, 0.717) is 23.7 Å². The molecule has 41 heavy (non-hydrogen) atoms. The Labute approximate surface area is 248 Å². The Balaban J connectivity index is 1.21. The van der Waals surface area contributed by atoms with Crippen molar-refractivity contribution in [1.82, 2.24) is 0 Å². The Hall–Kier alpha value is -2.54. The molecule has 1 aromatic carbocycles. The van der Waals surface area contributed by atoms with Gasteiger partial charge in [-0.05, 0) is 129 Å². The third-order valence-corrected chi connectivity index (χ3v) is 12.2. The molecule has 0 radical (unpaired) electrons. The molecule has 8 rings (SSSR count). The summed E-state index contributed by atoms with van der Waals surface area (Å²) in [7, 11) is 0. The summed E-state index contributed by atoms with van der Waals surface area (Å²) >= 11 is 0. The SMILES string of the molecule is C1=CC2=C(C3C=CC4=C(CCCC4)C3)C3=C(CCCC3)C(C3COc4ccccc4CCC4CCCCC43)C2C=C1. The van der Waals surface area contributed by atoms with Crippen LogP contribution in [0.4, 0.5) is 0 Å². The van der Waals surface area contributed by atoms with Crippen LogP contribution in [0.2, 0.25) is 0 Å². The molecule has 1 saturated carbocycles. The molecule has 0 amide bonds. The maximum absolute atomic E-state index is 6.89. The second-order valence-corrected chi connectivity index (χ2v) is 14.2. The zero-order valence-electron chi connectivity index (χ0n) is 25.0. The van der Waals surface area contributed by atoms with Crippen LogP contribution in [0.15, 0.2) is 94.2 Å². The van der Waals surface area contributed by atoms with Gasteiger partial charge in [-0.15, -0.1) is 0 Å². The number of hydrogen-bond acceptors (Lipinski definition) is 1. The summed E-state index contributed by atoms with van der Waals surface area (Å²) in [5, 5.41) is 0. The summed E-state index contributed by atoms with van der Waals surface area (Å²) < 4.78 is 6.89. The molecule has 214 valence electrons. The minimum absolute atomic E-state index is 0.508. The number of benzene rings is 1. The van der Waals surface area contributed by atoms with E-state index in [1.807, 2.05) is 5.57 Å². The van der Waals surface area contributed by atoms with Gasteiger partial charge in [-0.25, -0.2) is 0 Å². The summed E-state index contributed by atoms with van der Waals surface area (Å²) in [6.45, 7) is 0.885. The molecular formula is C40H48O. The van der Waals surface area contributed by atoms with Gasteiger partial charge in [-0.3, -0.25) is 0 Å². The number of aryl methyl sites for hydroxylation is 1. The van der Waals surface area contributed by atoms with E-state index in [1.54, 1.807) is 27.9 Å².